The Hall–Kier alpha value is -2.38. The van der Waals surface area contributed by atoms with Crippen LogP contribution in [0.2, 0.25) is 0 Å². The molecule has 0 spiro atoms. The number of phenolic OH excluding ortho intramolecular Hbond substituents is 1. The monoisotopic (exact) mass is 370 g/mol. The lowest BCUT2D eigenvalue weighted by Gasteiger charge is -2.26. The fourth-order valence-corrected chi connectivity index (χ4v) is 3.82. The van der Waals surface area contributed by atoms with Crippen molar-refractivity contribution in [3.63, 3.8) is 0 Å². The number of rotatable bonds is 4. The minimum atomic E-state index is -0.0375. The second-order valence-corrected chi connectivity index (χ2v) is 7.32. The van der Waals surface area contributed by atoms with Crippen LogP contribution in [0.5, 0.6) is 5.75 Å². The molecule has 0 saturated carbocycles. The topological polar surface area (TPSA) is 81.7 Å². The van der Waals surface area contributed by atoms with Crippen LogP contribution in [0.4, 0.5) is 0 Å². The Bertz CT molecular complexity index is 768. The fourth-order valence-electron chi connectivity index (χ4n) is 3.82. The quantitative estimate of drug-likeness (QED) is 0.861. The van der Waals surface area contributed by atoms with Crippen molar-refractivity contribution in [1.29, 1.82) is 0 Å². The predicted octanol–water partition coefficient (Wildman–Crippen LogP) is 2.11. The molecule has 1 aromatic heterocycles. The van der Waals surface area contributed by atoms with Crippen LogP contribution >= 0.6 is 0 Å². The molecule has 2 aliphatic heterocycles. The van der Waals surface area contributed by atoms with Crippen LogP contribution in [0.1, 0.15) is 29.8 Å². The summed E-state index contributed by atoms with van der Waals surface area (Å²) in [5, 5.41) is 16.5. The third-order valence-electron chi connectivity index (χ3n) is 5.27. The van der Waals surface area contributed by atoms with Crippen LogP contribution in [-0.2, 0) is 4.74 Å². The standard InChI is InChI=1S/C20H26N4O3/c25-16-6-4-15(5-7-16)18-12-19(22-21-18)20(26)24-10-3-11-27-17(14-24)13-23-8-1-2-9-23/h4-7,12,17,25H,1-3,8-11,13-14H2,(H,21,22)/t17-/m1/s1. The summed E-state index contributed by atoms with van der Waals surface area (Å²) in [5.41, 5.74) is 2.03. The zero-order valence-electron chi connectivity index (χ0n) is 15.4. The van der Waals surface area contributed by atoms with Gasteiger partial charge in [0.05, 0.1) is 11.8 Å². The van der Waals surface area contributed by atoms with Crippen molar-refractivity contribution >= 4 is 5.91 Å². The Kier molecular flexibility index (Phi) is 5.40. The van der Waals surface area contributed by atoms with Gasteiger partial charge in [0, 0.05) is 31.8 Å². The van der Waals surface area contributed by atoms with Crippen LogP contribution in [0.3, 0.4) is 0 Å². The lowest BCUT2D eigenvalue weighted by molar-refractivity contribution is 0.0296. The van der Waals surface area contributed by atoms with Crippen molar-refractivity contribution in [2.45, 2.75) is 25.4 Å². The number of aromatic hydroxyl groups is 1. The van der Waals surface area contributed by atoms with E-state index in [1.54, 1.807) is 30.3 Å². The van der Waals surface area contributed by atoms with Crippen molar-refractivity contribution in [2.24, 2.45) is 0 Å². The maximum absolute atomic E-state index is 13.0. The normalized spacial score (nSPS) is 21.3. The van der Waals surface area contributed by atoms with Crippen molar-refractivity contribution in [3.05, 3.63) is 36.0 Å². The first-order valence-corrected chi connectivity index (χ1v) is 9.67. The molecule has 4 rings (SSSR count). The number of ether oxygens (including phenoxy) is 1. The van der Waals surface area contributed by atoms with E-state index in [9.17, 15) is 9.90 Å². The SMILES string of the molecule is O=C(c1cc(-c2ccc(O)cc2)n[nH]1)N1CCCO[C@H](CN2CCCC2)C1. The molecule has 2 N–H and O–H groups in total. The van der Waals surface area contributed by atoms with Crippen LogP contribution < -0.4 is 0 Å². The molecule has 2 fully saturated rings. The maximum atomic E-state index is 13.0. The molecule has 0 aliphatic carbocycles. The van der Waals surface area contributed by atoms with E-state index in [0.717, 1.165) is 31.6 Å². The van der Waals surface area contributed by atoms with E-state index in [-0.39, 0.29) is 17.8 Å². The van der Waals surface area contributed by atoms with Crippen molar-refractivity contribution in [2.75, 3.05) is 39.3 Å². The van der Waals surface area contributed by atoms with E-state index < -0.39 is 0 Å². The van der Waals surface area contributed by atoms with Crippen LogP contribution in [0.25, 0.3) is 11.3 Å². The molecule has 7 heteroatoms. The zero-order chi connectivity index (χ0) is 18.6. The number of carbonyl (C=O) groups excluding carboxylic acids is 1. The van der Waals surface area contributed by atoms with E-state index in [1.165, 1.54) is 12.8 Å². The van der Waals surface area contributed by atoms with Gasteiger partial charge in [-0.15, -0.1) is 0 Å². The van der Waals surface area contributed by atoms with Crippen LogP contribution in [-0.4, -0.2) is 76.4 Å². The highest BCUT2D eigenvalue weighted by atomic mass is 16.5. The molecule has 2 saturated heterocycles. The first-order chi connectivity index (χ1) is 13.2. The van der Waals surface area contributed by atoms with Gasteiger partial charge in [-0.25, -0.2) is 0 Å². The number of H-pyrrole nitrogens is 1. The molecule has 1 amide bonds. The Morgan fingerprint density at radius 2 is 1.96 bits per heavy atom. The van der Waals surface area contributed by atoms with Gasteiger partial charge in [0.1, 0.15) is 11.4 Å². The molecular weight excluding hydrogens is 344 g/mol. The molecular formula is C20H26N4O3. The number of nitrogens with one attached hydrogen (secondary N) is 1. The van der Waals surface area contributed by atoms with E-state index in [4.69, 9.17) is 4.74 Å². The molecule has 27 heavy (non-hydrogen) atoms. The van der Waals surface area contributed by atoms with E-state index in [0.29, 0.717) is 31.1 Å². The number of nitrogens with zero attached hydrogens (tertiary/aromatic N) is 3. The van der Waals surface area contributed by atoms with Gasteiger partial charge in [-0.3, -0.25) is 9.89 Å². The van der Waals surface area contributed by atoms with E-state index in [2.05, 4.69) is 15.1 Å². The highest BCUT2D eigenvalue weighted by Crippen LogP contribution is 2.21. The molecule has 0 radical (unpaired) electrons. The van der Waals surface area contributed by atoms with E-state index in [1.807, 2.05) is 4.90 Å². The van der Waals surface area contributed by atoms with Crippen LogP contribution in [0, 0.1) is 0 Å². The highest BCUT2D eigenvalue weighted by Gasteiger charge is 2.27. The lowest BCUT2D eigenvalue weighted by Crippen LogP contribution is -2.42. The summed E-state index contributed by atoms with van der Waals surface area (Å²) in [7, 11) is 0. The molecule has 2 aliphatic rings. The number of aromatic nitrogens is 2. The number of aromatic amines is 1. The number of amides is 1. The molecule has 1 atom stereocenters. The van der Waals surface area contributed by atoms with Gasteiger partial charge in [-0.1, -0.05) is 0 Å². The summed E-state index contributed by atoms with van der Waals surface area (Å²) in [6.07, 6.45) is 3.42. The van der Waals surface area contributed by atoms with Gasteiger partial charge in [-0.05, 0) is 62.7 Å². The zero-order valence-corrected chi connectivity index (χ0v) is 15.4. The van der Waals surface area contributed by atoms with Crippen LogP contribution in [0.15, 0.2) is 30.3 Å². The smallest absolute Gasteiger partial charge is 0.271 e. The molecule has 0 unspecified atom stereocenters. The third kappa shape index (κ3) is 4.31. The van der Waals surface area contributed by atoms with Crippen molar-refractivity contribution in [3.8, 4) is 17.0 Å². The van der Waals surface area contributed by atoms with E-state index >= 15 is 0 Å². The largest absolute Gasteiger partial charge is 0.508 e. The first kappa shape index (κ1) is 18.0. The van der Waals surface area contributed by atoms with Gasteiger partial charge in [0.25, 0.3) is 5.91 Å². The molecule has 1 aromatic carbocycles. The lowest BCUT2D eigenvalue weighted by atomic mass is 10.1. The minimum Gasteiger partial charge on any atom is -0.508 e. The maximum Gasteiger partial charge on any atom is 0.271 e. The summed E-state index contributed by atoms with van der Waals surface area (Å²) >= 11 is 0. The summed E-state index contributed by atoms with van der Waals surface area (Å²) in [6, 6.07) is 8.56. The van der Waals surface area contributed by atoms with Gasteiger partial charge in [0.15, 0.2) is 0 Å². The number of hydrogen-bond donors (Lipinski definition) is 2. The summed E-state index contributed by atoms with van der Waals surface area (Å²) in [5.74, 6) is 0.170. The third-order valence-corrected chi connectivity index (χ3v) is 5.27. The Balaban J connectivity index is 1.43. The first-order valence-electron chi connectivity index (χ1n) is 9.67. The van der Waals surface area contributed by atoms with Gasteiger partial charge in [-0.2, -0.15) is 5.10 Å². The fraction of sp³-hybridized carbons (Fsp3) is 0.500. The summed E-state index contributed by atoms with van der Waals surface area (Å²) in [6.45, 7) is 5.16. The minimum absolute atomic E-state index is 0.0375. The Labute approximate surface area is 158 Å². The molecule has 3 heterocycles. The number of phenols is 1. The second-order valence-electron chi connectivity index (χ2n) is 7.32. The second kappa shape index (κ2) is 8.10. The predicted molar refractivity (Wildman–Crippen MR) is 102 cm³/mol. The molecule has 0 bridgehead atoms. The molecule has 7 nitrogen and oxygen atoms in total. The summed E-state index contributed by atoms with van der Waals surface area (Å²) < 4.78 is 5.98. The van der Waals surface area contributed by atoms with Gasteiger partial charge in [0.2, 0.25) is 0 Å². The number of hydrogen-bond acceptors (Lipinski definition) is 5. The highest BCUT2D eigenvalue weighted by molar-refractivity contribution is 5.93. The average molecular weight is 370 g/mol. The Morgan fingerprint density at radius 3 is 2.74 bits per heavy atom. The number of carbonyl (C=O) groups is 1. The number of benzene rings is 1. The van der Waals surface area contributed by atoms with Crippen molar-refractivity contribution in [1.82, 2.24) is 20.0 Å². The summed E-state index contributed by atoms with van der Waals surface area (Å²) in [4.78, 5) is 17.3. The Morgan fingerprint density at radius 1 is 1.19 bits per heavy atom. The molecule has 2 aromatic rings. The molecule has 144 valence electrons. The van der Waals surface area contributed by atoms with Crippen molar-refractivity contribution < 1.29 is 14.6 Å². The van der Waals surface area contributed by atoms with Gasteiger partial charge >= 0.3 is 0 Å². The van der Waals surface area contributed by atoms with Gasteiger partial charge < -0.3 is 19.6 Å². The average Bonchev–Trinajstić information content (AvgIpc) is 3.31. The number of likely N-dealkylation sites (tertiary alicyclic amines) is 1.